The molecule has 0 spiro atoms. The number of nitrogens with one attached hydrogen (secondary N) is 1. The van der Waals surface area contributed by atoms with E-state index < -0.39 is 0 Å². The Hall–Kier alpha value is -1.86. The molecule has 1 aliphatic rings. The molecule has 0 unspecified atom stereocenters. The fourth-order valence-electron chi connectivity index (χ4n) is 1.50. The fourth-order valence-corrected chi connectivity index (χ4v) is 1.50. The van der Waals surface area contributed by atoms with Crippen molar-refractivity contribution in [1.82, 2.24) is 4.98 Å². The van der Waals surface area contributed by atoms with E-state index in [4.69, 9.17) is 5.11 Å². The molecule has 4 heteroatoms. The van der Waals surface area contributed by atoms with Crippen LogP contribution in [0.2, 0.25) is 0 Å². The minimum absolute atomic E-state index is 0.00673. The molecule has 1 heterocycles. The summed E-state index contributed by atoms with van der Waals surface area (Å²) < 4.78 is 0. The number of amides is 1. The van der Waals surface area contributed by atoms with Crippen molar-refractivity contribution in [1.29, 1.82) is 0 Å². The van der Waals surface area contributed by atoms with Gasteiger partial charge in [0.2, 0.25) is 5.91 Å². The molecule has 17 heavy (non-hydrogen) atoms. The Morgan fingerprint density at radius 2 is 2.41 bits per heavy atom. The second-order valence-electron chi connectivity index (χ2n) is 4.09. The Morgan fingerprint density at radius 1 is 1.59 bits per heavy atom. The number of aliphatic hydroxyl groups excluding tert-OH is 1. The van der Waals surface area contributed by atoms with Gasteiger partial charge in [-0.3, -0.25) is 4.79 Å². The van der Waals surface area contributed by atoms with Crippen molar-refractivity contribution in [3.63, 3.8) is 0 Å². The molecule has 0 bridgehead atoms. The molecule has 1 aromatic rings. The number of anilines is 1. The van der Waals surface area contributed by atoms with Gasteiger partial charge in [-0.1, -0.05) is 11.8 Å². The van der Waals surface area contributed by atoms with Crippen LogP contribution in [-0.2, 0) is 4.79 Å². The van der Waals surface area contributed by atoms with Gasteiger partial charge < -0.3 is 10.4 Å². The zero-order valence-corrected chi connectivity index (χ0v) is 9.44. The molecular formula is C13H14N2O2. The van der Waals surface area contributed by atoms with Crippen LogP contribution in [0.1, 0.15) is 24.8 Å². The first-order valence-electron chi connectivity index (χ1n) is 5.63. The summed E-state index contributed by atoms with van der Waals surface area (Å²) in [6, 6.07) is 3.44. The summed E-state index contributed by atoms with van der Waals surface area (Å²) >= 11 is 0. The van der Waals surface area contributed by atoms with Crippen LogP contribution in [-0.4, -0.2) is 22.6 Å². The maximum Gasteiger partial charge on any atom is 0.225 e. The van der Waals surface area contributed by atoms with Gasteiger partial charge in [0.05, 0.1) is 0 Å². The third kappa shape index (κ3) is 3.89. The lowest BCUT2D eigenvalue weighted by Crippen LogP contribution is -2.12. The first-order valence-corrected chi connectivity index (χ1v) is 5.63. The molecule has 1 aromatic heterocycles. The van der Waals surface area contributed by atoms with Crippen LogP contribution in [0.15, 0.2) is 18.3 Å². The van der Waals surface area contributed by atoms with Gasteiger partial charge in [0.1, 0.15) is 12.4 Å². The number of aromatic nitrogens is 1. The van der Waals surface area contributed by atoms with Crippen LogP contribution in [0, 0.1) is 17.8 Å². The Bertz CT molecular complexity index is 470. The highest BCUT2D eigenvalue weighted by atomic mass is 16.2. The quantitative estimate of drug-likeness (QED) is 0.766. The van der Waals surface area contributed by atoms with Crippen molar-refractivity contribution in [3.05, 3.63) is 23.9 Å². The zero-order valence-electron chi connectivity index (χ0n) is 9.44. The van der Waals surface area contributed by atoms with Crippen LogP contribution in [0.5, 0.6) is 0 Å². The Labute approximate surface area is 100 Å². The van der Waals surface area contributed by atoms with Gasteiger partial charge in [0, 0.05) is 18.2 Å². The minimum atomic E-state index is -0.175. The lowest BCUT2D eigenvalue weighted by atomic mass is 10.2. The average Bonchev–Trinajstić information content (AvgIpc) is 3.10. The van der Waals surface area contributed by atoms with Crippen LogP contribution < -0.4 is 5.32 Å². The van der Waals surface area contributed by atoms with E-state index in [0.717, 1.165) is 18.4 Å². The molecule has 1 aliphatic carbocycles. The van der Waals surface area contributed by atoms with E-state index in [9.17, 15) is 4.79 Å². The van der Waals surface area contributed by atoms with E-state index in [1.807, 2.05) is 0 Å². The van der Waals surface area contributed by atoms with Gasteiger partial charge in [-0.2, -0.15) is 0 Å². The summed E-state index contributed by atoms with van der Waals surface area (Å²) in [6.45, 7) is -0.175. The Balaban J connectivity index is 1.97. The molecule has 1 amide bonds. The maximum absolute atomic E-state index is 11.6. The summed E-state index contributed by atoms with van der Waals surface area (Å²) in [5, 5.41) is 11.3. The second kappa shape index (κ2) is 5.46. The monoisotopic (exact) mass is 230 g/mol. The molecule has 2 rings (SSSR count). The summed E-state index contributed by atoms with van der Waals surface area (Å²) in [6.07, 6.45) is 4.48. The zero-order chi connectivity index (χ0) is 12.1. The number of rotatable bonds is 3. The molecule has 1 fully saturated rings. The Morgan fingerprint density at radius 3 is 3.12 bits per heavy atom. The van der Waals surface area contributed by atoms with Crippen LogP contribution in [0.4, 0.5) is 5.82 Å². The lowest BCUT2D eigenvalue weighted by molar-refractivity contribution is -0.116. The topological polar surface area (TPSA) is 62.2 Å². The normalized spacial score (nSPS) is 13.7. The molecule has 0 aromatic carbocycles. The van der Waals surface area contributed by atoms with Crippen molar-refractivity contribution >= 4 is 11.7 Å². The van der Waals surface area contributed by atoms with E-state index in [-0.39, 0.29) is 12.5 Å². The van der Waals surface area contributed by atoms with Gasteiger partial charge in [-0.15, -0.1) is 0 Å². The van der Waals surface area contributed by atoms with Gasteiger partial charge in [0.25, 0.3) is 0 Å². The standard InChI is InChI=1S/C13H14N2O2/c16-7-1-2-10-5-6-14-12(8-10)15-13(17)9-11-3-4-11/h5-6,8,11,16H,3-4,7,9H2,(H,14,15,17). The van der Waals surface area contributed by atoms with Gasteiger partial charge in [0.15, 0.2) is 0 Å². The van der Waals surface area contributed by atoms with Crippen molar-refractivity contribution in [2.45, 2.75) is 19.3 Å². The van der Waals surface area contributed by atoms with Gasteiger partial charge in [-0.25, -0.2) is 4.98 Å². The number of hydrogen-bond donors (Lipinski definition) is 2. The summed E-state index contributed by atoms with van der Waals surface area (Å²) in [7, 11) is 0. The van der Waals surface area contributed by atoms with E-state index >= 15 is 0 Å². The highest BCUT2D eigenvalue weighted by molar-refractivity contribution is 5.90. The first-order chi connectivity index (χ1) is 8.28. The number of nitrogens with zero attached hydrogens (tertiary/aromatic N) is 1. The van der Waals surface area contributed by atoms with Gasteiger partial charge in [-0.05, 0) is 30.9 Å². The maximum atomic E-state index is 11.6. The lowest BCUT2D eigenvalue weighted by Gasteiger charge is -2.03. The number of aliphatic hydroxyl groups is 1. The average molecular weight is 230 g/mol. The SMILES string of the molecule is O=C(CC1CC1)Nc1cc(C#CCO)ccn1. The third-order valence-electron chi connectivity index (χ3n) is 2.51. The molecule has 0 radical (unpaired) electrons. The molecule has 0 saturated heterocycles. The number of carbonyl (C=O) groups excluding carboxylic acids is 1. The first kappa shape index (κ1) is 11.6. The summed E-state index contributed by atoms with van der Waals surface area (Å²) in [5.74, 6) is 6.41. The smallest absolute Gasteiger partial charge is 0.225 e. The molecule has 0 atom stereocenters. The summed E-state index contributed by atoms with van der Waals surface area (Å²) in [5.41, 5.74) is 0.732. The molecular weight excluding hydrogens is 216 g/mol. The van der Waals surface area contributed by atoms with E-state index in [2.05, 4.69) is 22.1 Å². The number of pyridine rings is 1. The molecule has 2 N–H and O–H groups in total. The minimum Gasteiger partial charge on any atom is -0.384 e. The molecule has 1 saturated carbocycles. The van der Waals surface area contributed by atoms with Crippen molar-refractivity contribution < 1.29 is 9.90 Å². The van der Waals surface area contributed by atoms with Gasteiger partial charge >= 0.3 is 0 Å². The summed E-state index contributed by atoms with van der Waals surface area (Å²) in [4.78, 5) is 15.6. The number of carbonyl (C=O) groups is 1. The molecule has 4 nitrogen and oxygen atoms in total. The highest BCUT2D eigenvalue weighted by Crippen LogP contribution is 2.32. The van der Waals surface area contributed by atoms with E-state index in [1.54, 1.807) is 18.3 Å². The van der Waals surface area contributed by atoms with Crippen molar-refractivity contribution in [2.24, 2.45) is 5.92 Å². The predicted octanol–water partition coefficient (Wildman–Crippen LogP) is 1.16. The fraction of sp³-hybridized carbons (Fsp3) is 0.385. The molecule has 88 valence electrons. The van der Waals surface area contributed by atoms with Crippen molar-refractivity contribution in [3.8, 4) is 11.8 Å². The van der Waals surface area contributed by atoms with Crippen molar-refractivity contribution in [2.75, 3.05) is 11.9 Å². The highest BCUT2D eigenvalue weighted by Gasteiger charge is 2.24. The van der Waals surface area contributed by atoms with Crippen LogP contribution >= 0.6 is 0 Å². The number of hydrogen-bond acceptors (Lipinski definition) is 3. The van der Waals surface area contributed by atoms with E-state index in [0.29, 0.717) is 18.2 Å². The molecule has 0 aliphatic heterocycles. The van der Waals surface area contributed by atoms with Crippen LogP contribution in [0.25, 0.3) is 0 Å². The third-order valence-corrected chi connectivity index (χ3v) is 2.51. The van der Waals surface area contributed by atoms with E-state index in [1.165, 1.54) is 0 Å². The second-order valence-corrected chi connectivity index (χ2v) is 4.09. The van der Waals surface area contributed by atoms with Crippen LogP contribution in [0.3, 0.4) is 0 Å². The largest absolute Gasteiger partial charge is 0.384 e. The Kier molecular flexibility index (Phi) is 3.73. The predicted molar refractivity (Wildman–Crippen MR) is 64.2 cm³/mol.